The van der Waals surface area contributed by atoms with Crippen LogP contribution in [-0.4, -0.2) is 28.7 Å². The number of nitrogen functional groups attached to an aromatic ring is 1. The van der Waals surface area contributed by atoms with E-state index in [9.17, 15) is 0 Å². The lowest BCUT2D eigenvalue weighted by molar-refractivity contribution is -0.364. The summed E-state index contributed by atoms with van der Waals surface area (Å²) in [7, 11) is 1.55. The maximum atomic E-state index is 5.89. The number of fused-ring (bicyclic) bond motifs is 1. The zero-order valence-electron chi connectivity index (χ0n) is 12.4. The van der Waals surface area contributed by atoms with Gasteiger partial charge >= 0.3 is 17.7 Å². The zero-order chi connectivity index (χ0) is 14.8. The van der Waals surface area contributed by atoms with Crippen LogP contribution in [0.2, 0.25) is 0 Å². The SMILES string of the molecule is CCCC(C)(C)COc1nc(N)c2[nH]c(OC)[nH+]c2n1. The first-order valence-electron chi connectivity index (χ1n) is 6.70. The standard InChI is InChI=1S/C13H21N5O2/c1-5-6-13(2,3)7-20-12-16-9(14)8-10(18-12)17-11(15-8)19-4/h5-7H2,1-4H3,(H3,14,15,16,17,18)/p+1. The van der Waals surface area contributed by atoms with E-state index in [1.54, 1.807) is 7.11 Å². The van der Waals surface area contributed by atoms with Crippen molar-refractivity contribution in [1.29, 1.82) is 0 Å². The molecule has 2 rings (SSSR count). The number of hydrogen-bond donors (Lipinski definition) is 2. The molecule has 2 heterocycles. The summed E-state index contributed by atoms with van der Waals surface area (Å²) in [5, 5.41) is 0. The number of H-pyrrole nitrogens is 2. The Hall–Kier alpha value is -2.05. The summed E-state index contributed by atoms with van der Waals surface area (Å²) < 4.78 is 10.7. The highest BCUT2D eigenvalue weighted by Gasteiger charge is 2.22. The van der Waals surface area contributed by atoms with Crippen LogP contribution in [-0.2, 0) is 0 Å². The van der Waals surface area contributed by atoms with Gasteiger partial charge in [0, 0.05) is 0 Å². The third-order valence-corrected chi connectivity index (χ3v) is 3.11. The monoisotopic (exact) mass is 280 g/mol. The highest BCUT2D eigenvalue weighted by atomic mass is 16.5. The van der Waals surface area contributed by atoms with Gasteiger partial charge in [-0.25, -0.2) is 9.97 Å². The molecule has 0 aromatic carbocycles. The lowest BCUT2D eigenvalue weighted by Crippen LogP contribution is -2.22. The molecule has 0 radical (unpaired) electrons. The minimum absolute atomic E-state index is 0.0847. The van der Waals surface area contributed by atoms with E-state index in [1.807, 2.05) is 0 Å². The average molecular weight is 280 g/mol. The Labute approximate surface area is 117 Å². The maximum Gasteiger partial charge on any atom is 0.397 e. The Morgan fingerprint density at radius 3 is 2.75 bits per heavy atom. The Kier molecular flexibility index (Phi) is 3.96. The van der Waals surface area contributed by atoms with Gasteiger partial charge < -0.3 is 15.2 Å². The van der Waals surface area contributed by atoms with E-state index in [1.165, 1.54) is 0 Å². The normalized spacial score (nSPS) is 11.8. The smallest absolute Gasteiger partial charge is 0.397 e. The number of nitrogens with zero attached hydrogens (tertiary/aromatic N) is 2. The van der Waals surface area contributed by atoms with E-state index in [0.29, 0.717) is 29.6 Å². The second-order valence-corrected chi connectivity index (χ2v) is 5.60. The molecule has 0 atom stereocenters. The number of aromatic nitrogens is 4. The maximum absolute atomic E-state index is 5.89. The molecule has 110 valence electrons. The molecule has 7 heteroatoms. The van der Waals surface area contributed by atoms with Crippen LogP contribution < -0.4 is 20.2 Å². The second-order valence-electron chi connectivity index (χ2n) is 5.60. The van der Waals surface area contributed by atoms with Gasteiger partial charge in [-0.3, -0.25) is 0 Å². The Bertz CT molecular complexity index is 594. The molecule has 7 nitrogen and oxygen atoms in total. The number of nitrogens with two attached hydrogens (primary N) is 1. The molecule has 0 saturated carbocycles. The van der Waals surface area contributed by atoms with Crippen LogP contribution in [0.3, 0.4) is 0 Å². The second kappa shape index (κ2) is 5.52. The van der Waals surface area contributed by atoms with E-state index in [4.69, 9.17) is 15.2 Å². The van der Waals surface area contributed by atoms with Crippen LogP contribution in [0.4, 0.5) is 5.82 Å². The largest absolute Gasteiger partial charge is 0.450 e. The summed E-state index contributed by atoms with van der Waals surface area (Å²) in [5.41, 5.74) is 7.15. The van der Waals surface area contributed by atoms with Gasteiger partial charge in [0.15, 0.2) is 5.82 Å². The van der Waals surface area contributed by atoms with Crippen molar-refractivity contribution in [3.63, 3.8) is 0 Å². The van der Waals surface area contributed by atoms with Gasteiger partial charge in [-0.1, -0.05) is 27.2 Å². The zero-order valence-corrected chi connectivity index (χ0v) is 12.4. The predicted molar refractivity (Wildman–Crippen MR) is 75.6 cm³/mol. The minimum Gasteiger partial charge on any atom is -0.450 e. The van der Waals surface area contributed by atoms with Crippen molar-refractivity contribution in [2.24, 2.45) is 5.41 Å². The minimum atomic E-state index is 0.0847. The van der Waals surface area contributed by atoms with Gasteiger partial charge in [0.1, 0.15) is 0 Å². The lowest BCUT2D eigenvalue weighted by atomic mass is 9.89. The number of rotatable bonds is 6. The van der Waals surface area contributed by atoms with E-state index in [0.717, 1.165) is 12.8 Å². The molecular formula is C13H22N5O2+. The van der Waals surface area contributed by atoms with Crippen LogP contribution in [0.1, 0.15) is 33.6 Å². The van der Waals surface area contributed by atoms with Crippen molar-refractivity contribution in [3.05, 3.63) is 0 Å². The molecule has 0 aliphatic carbocycles. The summed E-state index contributed by atoms with van der Waals surface area (Å²) in [4.78, 5) is 14.3. The number of methoxy groups -OCH3 is 1. The van der Waals surface area contributed by atoms with Crippen LogP contribution >= 0.6 is 0 Å². The van der Waals surface area contributed by atoms with Crippen molar-refractivity contribution in [2.45, 2.75) is 33.6 Å². The van der Waals surface area contributed by atoms with Gasteiger partial charge in [0.05, 0.1) is 13.7 Å². The quantitative estimate of drug-likeness (QED) is 0.836. The summed E-state index contributed by atoms with van der Waals surface area (Å²) in [6, 6.07) is 0.751. The molecule has 0 unspecified atom stereocenters. The molecule has 0 aliphatic rings. The molecule has 0 fully saturated rings. The summed E-state index contributed by atoms with van der Waals surface area (Å²) in [6.07, 6.45) is 2.19. The van der Waals surface area contributed by atoms with Gasteiger partial charge in [-0.2, -0.15) is 4.98 Å². The molecule has 2 aromatic heterocycles. The molecule has 0 aliphatic heterocycles. The van der Waals surface area contributed by atoms with E-state index < -0.39 is 0 Å². The summed E-state index contributed by atoms with van der Waals surface area (Å²) >= 11 is 0. The fourth-order valence-corrected chi connectivity index (χ4v) is 2.10. The van der Waals surface area contributed by atoms with Gasteiger partial charge in [0.25, 0.3) is 0 Å². The Morgan fingerprint density at radius 2 is 2.10 bits per heavy atom. The molecule has 0 saturated heterocycles. The van der Waals surface area contributed by atoms with Crippen molar-refractivity contribution in [1.82, 2.24) is 15.0 Å². The van der Waals surface area contributed by atoms with Crippen LogP contribution in [0.25, 0.3) is 11.2 Å². The average Bonchev–Trinajstić information content (AvgIpc) is 2.80. The third-order valence-electron chi connectivity index (χ3n) is 3.11. The van der Waals surface area contributed by atoms with Crippen molar-refractivity contribution in [2.75, 3.05) is 19.5 Å². The van der Waals surface area contributed by atoms with Gasteiger partial charge in [-0.05, 0) is 16.8 Å². The van der Waals surface area contributed by atoms with E-state index >= 15 is 0 Å². The van der Waals surface area contributed by atoms with Crippen LogP contribution in [0.15, 0.2) is 0 Å². The number of nitrogens with one attached hydrogen (secondary N) is 2. The summed E-state index contributed by atoms with van der Waals surface area (Å²) in [5.74, 6) is 0.331. The molecule has 4 N–H and O–H groups in total. The van der Waals surface area contributed by atoms with Gasteiger partial charge in [-0.15, -0.1) is 0 Å². The number of aromatic amines is 2. The number of hydrogen-bond acceptors (Lipinski definition) is 5. The number of imidazole rings is 1. The Balaban J connectivity index is 2.19. The van der Waals surface area contributed by atoms with Crippen LogP contribution in [0.5, 0.6) is 12.0 Å². The highest BCUT2D eigenvalue weighted by molar-refractivity contribution is 5.79. The summed E-state index contributed by atoms with van der Waals surface area (Å²) in [6.45, 7) is 7.02. The molecule has 20 heavy (non-hydrogen) atoms. The first kappa shape index (κ1) is 14.4. The molecule has 2 aromatic rings. The molecule has 0 amide bonds. The van der Waals surface area contributed by atoms with E-state index in [2.05, 4.69) is 40.7 Å². The lowest BCUT2D eigenvalue weighted by Gasteiger charge is -2.22. The molecular weight excluding hydrogens is 258 g/mol. The first-order valence-corrected chi connectivity index (χ1v) is 6.70. The topological polar surface area (TPSA) is 100 Å². The van der Waals surface area contributed by atoms with Crippen molar-refractivity contribution in [3.8, 4) is 12.0 Å². The van der Waals surface area contributed by atoms with Crippen molar-refractivity contribution < 1.29 is 14.5 Å². The van der Waals surface area contributed by atoms with Gasteiger partial charge in [0.2, 0.25) is 5.52 Å². The predicted octanol–water partition coefficient (Wildman–Crippen LogP) is 1.57. The fraction of sp³-hybridized carbons (Fsp3) is 0.615. The Morgan fingerprint density at radius 1 is 1.35 bits per heavy atom. The molecule has 0 bridgehead atoms. The third kappa shape index (κ3) is 3.09. The number of ether oxygens (including phenoxy) is 2. The van der Waals surface area contributed by atoms with E-state index in [-0.39, 0.29) is 11.4 Å². The van der Waals surface area contributed by atoms with Crippen molar-refractivity contribution >= 4 is 17.0 Å². The van der Waals surface area contributed by atoms with Crippen LogP contribution in [0, 0.1) is 5.41 Å². The highest BCUT2D eigenvalue weighted by Crippen LogP contribution is 2.24. The number of anilines is 1. The molecule has 0 spiro atoms. The first-order chi connectivity index (χ1) is 9.45. The fourth-order valence-electron chi connectivity index (χ4n) is 2.10.